The maximum Gasteiger partial charge on any atom is 0.417 e. The number of rotatable bonds is 6. The second-order valence-electron chi connectivity index (χ2n) is 6.48. The van der Waals surface area contributed by atoms with Crippen LogP contribution in [0.1, 0.15) is 48.5 Å². The minimum absolute atomic E-state index is 0.00870. The van der Waals surface area contributed by atoms with Crippen molar-refractivity contribution in [3.63, 3.8) is 0 Å². The molecule has 1 N–H and O–H groups in total. The van der Waals surface area contributed by atoms with E-state index >= 15 is 0 Å². The molecule has 2 amide bonds. The number of nitrogens with zero attached hydrogens (tertiary/aromatic N) is 1. The highest BCUT2D eigenvalue weighted by molar-refractivity contribution is 5.96. The number of ether oxygens (including phenoxy) is 1. The van der Waals surface area contributed by atoms with Crippen LogP contribution in [0.4, 0.5) is 13.2 Å². The first-order valence-electron chi connectivity index (χ1n) is 9.12. The van der Waals surface area contributed by atoms with Crippen LogP contribution in [0.5, 0.6) is 0 Å². The van der Waals surface area contributed by atoms with Crippen molar-refractivity contribution in [2.75, 3.05) is 19.7 Å². The van der Waals surface area contributed by atoms with Crippen LogP contribution in [0.2, 0.25) is 0 Å². The summed E-state index contributed by atoms with van der Waals surface area (Å²) in [5, 5.41) is 2.79. The molecule has 6 nitrogen and oxygen atoms in total. The summed E-state index contributed by atoms with van der Waals surface area (Å²) in [6, 6.07) is 4.53. The Morgan fingerprint density at radius 2 is 1.79 bits per heavy atom. The van der Waals surface area contributed by atoms with Gasteiger partial charge in [0.2, 0.25) is 5.91 Å². The number of alkyl halides is 3. The fraction of sp³-hybridized carbons (Fsp3) is 0.526. The highest BCUT2D eigenvalue weighted by Gasteiger charge is 2.36. The van der Waals surface area contributed by atoms with E-state index in [0.717, 1.165) is 6.07 Å². The molecule has 28 heavy (non-hydrogen) atoms. The Morgan fingerprint density at radius 3 is 2.39 bits per heavy atom. The lowest BCUT2D eigenvalue weighted by atomic mass is 10.0. The fourth-order valence-corrected chi connectivity index (χ4v) is 3.06. The summed E-state index contributed by atoms with van der Waals surface area (Å²) in [5.74, 6) is -1.40. The van der Waals surface area contributed by atoms with Gasteiger partial charge in [-0.25, -0.2) is 0 Å². The van der Waals surface area contributed by atoms with E-state index in [1.54, 1.807) is 6.92 Å². The summed E-state index contributed by atoms with van der Waals surface area (Å²) >= 11 is 0. The maximum absolute atomic E-state index is 13.1. The average molecular weight is 400 g/mol. The van der Waals surface area contributed by atoms with Gasteiger partial charge in [0, 0.05) is 25.6 Å². The zero-order valence-corrected chi connectivity index (χ0v) is 15.6. The van der Waals surface area contributed by atoms with Gasteiger partial charge in [-0.1, -0.05) is 12.1 Å². The predicted molar refractivity (Wildman–Crippen MR) is 94.4 cm³/mol. The van der Waals surface area contributed by atoms with Crippen LogP contribution in [0.3, 0.4) is 0 Å². The Balaban J connectivity index is 1.86. The molecule has 1 aliphatic rings. The van der Waals surface area contributed by atoms with Gasteiger partial charge in [-0.2, -0.15) is 13.2 Å². The van der Waals surface area contributed by atoms with Crippen molar-refractivity contribution in [2.24, 2.45) is 0 Å². The van der Waals surface area contributed by atoms with E-state index in [0.29, 0.717) is 12.8 Å². The van der Waals surface area contributed by atoms with Crippen LogP contribution in [0.25, 0.3) is 0 Å². The third kappa shape index (κ3) is 5.97. The van der Waals surface area contributed by atoms with Crippen molar-refractivity contribution in [1.82, 2.24) is 10.2 Å². The quantitative estimate of drug-likeness (QED) is 0.745. The number of carbonyl (C=O) groups is 3. The Morgan fingerprint density at radius 1 is 1.14 bits per heavy atom. The highest BCUT2D eigenvalue weighted by atomic mass is 19.4. The summed E-state index contributed by atoms with van der Waals surface area (Å²) in [7, 11) is 0. The number of likely N-dealkylation sites (tertiary alicyclic amines) is 1. The molecule has 0 aliphatic carbocycles. The van der Waals surface area contributed by atoms with Crippen LogP contribution in [0, 0.1) is 0 Å². The predicted octanol–water partition coefficient (Wildman–Crippen LogP) is 2.77. The van der Waals surface area contributed by atoms with Crippen molar-refractivity contribution < 1.29 is 32.3 Å². The lowest BCUT2D eigenvalue weighted by Gasteiger charge is -2.33. The minimum atomic E-state index is -4.60. The maximum atomic E-state index is 13.1. The minimum Gasteiger partial charge on any atom is -0.466 e. The molecule has 1 fully saturated rings. The molecule has 0 unspecified atom stereocenters. The molecule has 1 aromatic carbocycles. The van der Waals surface area contributed by atoms with E-state index in [-0.39, 0.29) is 50.1 Å². The number of amides is 2. The summed E-state index contributed by atoms with van der Waals surface area (Å²) in [4.78, 5) is 37.0. The first-order valence-corrected chi connectivity index (χ1v) is 9.12. The molecule has 9 heteroatoms. The SMILES string of the molecule is CCOC(=O)CCC(=O)NC1CCN(C(=O)c2ccccc2C(F)(F)F)CC1. The van der Waals surface area contributed by atoms with Crippen molar-refractivity contribution in [1.29, 1.82) is 0 Å². The molecule has 1 saturated heterocycles. The van der Waals surface area contributed by atoms with E-state index in [4.69, 9.17) is 4.74 Å². The van der Waals surface area contributed by atoms with Gasteiger partial charge in [0.15, 0.2) is 0 Å². The van der Waals surface area contributed by atoms with Gasteiger partial charge in [0.05, 0.1) is 24.2 Å². The topological polar surface area (TPSA) is 75.7 Å². The van der Waals surface area contributed by atoms with Gasteiger partial charge in [0.1, 0.15) is 0 Å². The summed E-state index contributed by atoms with van der Waals surface area (Å²) in [6.45, 7) is 2.42. The lowest BCUT2D eigenvalue weighted by molar-refractivity contribution is -0.144. The number of hydrogen-bond acceptors (Lipinski definition) is 4. The number of halogens is 3. The zero-order valence-electron chi connectivity index (χ0n) is 15.6. The van der Waals surface area contributed by atoms with Crippen molar-refractivity contribution in [2.45, 2.75) is 44.8 Å². The normalized spacial score (nSPS) is 15.2. The zero-order chi connectivity index (χ0) is 20.7. The van der Waals surface area contributed by atoms with Gasteiger partial charge in [-0.05, 0) is 31.9 Å². The van der Waals surface area contributed by atoms with E-state index in [9.17, 15) is 27.6 Å². The average Bonchev–Trinajstić information content (AvgIpc) is 2.66. The number of nitrogens with one attached hydrogen (secondary N) is 1. The van der Waals surface area contributed by atoms with Gasteiger partial charge in [0.25, 0.3) is 5.91 Å². The second-order valence-corrected chi connectivity index (χ2v) is 6.48. The first-order chi connectivity index (χ1) is 13.2. The summed E-state index contributed by atoms with van der Waals surface area (Å²) in [6.07, 6.45) is -3.73. The standard InChI is InChI=1S/C19H23F3N2O4/c1-2-28-17(26)8-7-16(25)23-13-9-11-24(12-10-13)18(27)14-5-3-4-6-15(14)19(20,21)22/h3-6,13H,2,7-12H2,1H3,(H,23,25). The summed E-state index contributed by atoms with van der Waals surface area (Å²) in [5.41, 5.74) is -1.32. The third-order valence-corrected chi connectivity index (χ3v) is 4.47. The Labute approximate surface area is 161 Å². The number of esters is 1. The largest absolute Gasteiger partial charge is 0.466 e. The van der Waals surface area contributed by atoms with E-state index in [2.05, 4.69) is 5.32 Å². The number of hydrogen-bond donors (Lipinski definition) is 1. The monoisotopic (exact) mass is 400 g/mol. The van der Waals surface area contributed by atoms with E-state index in [1.165, 1.54) is 23.1 Å². The van der Waals surface area contributed by atoms with Gasteiger partial charge < -0.3 is 15.0 Å². The van der Waals surface area contributed by atoms with Crippen LogP contribution in [0.15, 0.2) is 24.3 Å². The molecule has 0 radical (unpaired) electrons. The van der Waals surface area contributed by atoms with Crippen LogP contribution in [-0.4, -0.2) is 48.4 Å². The smallest absolute Gasteiger partial charge is 0.417 e. The van der Waals surface area contributed by atoms with Crippen molar-refractivity contribution in [3.8, 4) is 0 Å². The Bertz CT molecular complexity index is 713. The summed E-state index contributed by atoms with van der Waals surface area (Å²) < 4.78 is 44.1. The Kier molecular flexibility index (Phi) is 7.42. The molecule has 0 saturated carbocycles. The molecular formula is C19H23F3N2O4. The molecular weight excluding hydrogens is 377 g/mol. The van der Waals surface area contributed by atoms with Crippen molar-refractivity contribution >= 4 is 17.8 Å². The highest BCUT2D eigenvalue weighted by Crippen LogP contribution is 2.32. The molecule has 0 aromatic heterocycles. The van der Waals surface area contributed by atoms with Crippen LogP contribution >= 0.6 is 0 Å². The van der Waals surface area contributed by atoms with Gasteiger partial charge in [-0.3, -0.25) is 14.4 Å². The lowest BCUT2D eigenvalue weighted by Crippen LogP contribution is -2.46. The molecule has 0 atom stereocenters. The molecule has 1 aliphatic heterocycles. The molecule has 154 valence electrons. The first kappa shape index (κ1) is 21.7. The van der Waals surface area contributed by atoms with Crippen LogP contribution in [-0.2, 0) is 20.5 Å². The van der Waals surface area contributed by atoms with E-state index < -0.39 is 23.6 Å². The van der Waals surface area contributed by atoms with Crippen molar-refractivity contribution in [3.05, 3.63) is 35.4 Å². The van der Waals surface area contributed by atoms with Crippen LogP contribution < -0.4 is 5.32 Å². The number of piperidine rings is 1. The molecule has 0 bridgehead atoms. The van der Waals surface area contributed by atoms with Gasteiger partial charge in [-0.15, -0.1) is 0 Å². The second kappa shape index (κ2) is 9.57. The third-order valence-electron chi connectivity index (χ3n) is 4.47. The molecule has 2 rings (SSSR count). The fourth-order valence-electron chi connectivity index (χ4n) is 3.06. The van der Waals surface area contributed by atoms with E-state index in [1.807, 2.05) is 0 Å². The Hall–Kier alpha value is -2.58. The van der Waals surface area contributed by atoms with Gasteiger partial charge >= 0.3 is 12.1 Å². The molecule has 0 spiro atoms. The number of benzene rings is 1. The molecule has 1 heterocycles. The molecule has 1 aromatic rings. The number of carbonyl (C=O) groups excluding carboxylic acids is 3.